The van der Waals surface area contributed by atoms with E-state index in [2.05, 4.69) is 27.8 Å². The van der Waals surface area contributed by atoms with Crippen LogP contribution in [0.4, 0.5) is 0 Å². The Labute approximate surface area is 121 Å². The van der Waals surface area contributed by atoms with Crippen LogP contribution >= 0.6 is 15.9 Å². The lowest BCUT2D eigenvalue weighted by Gasteiger charge is -2.31. The number of rotatable bonds is 3. The van der Waals surface area contributed by atoms with Gasteiger partial charge >= 0.3 is 0 Å². The second kappa shape index (κ2) is 5.39. The molecule has 100 valence electrons. The minimum Gasteiger partial charge on any atom is -0.480 e. The SMILES string of the molecule is CCN1Cc2ccoc2C(Oc2ccccc2Br)C1. The van der Waals surface area contributed by atoms with E-state index in [1.165, 1.54) is 5.56 Å². The molecule has 0 fully saturated rings. The first-order valence-corrected chi connectivity index (χ1v) is 7.27. The number of furan rings is 1. The highest BCUT2D eigenvalue weighted by molar-refractivity contribution is 9.10. The monoisotopic (exact) mass is 321 g/mol. The first-order chi connectivity index (χ1) is 9.28. The summed E-state index contributed by atoms with van der Waals surface area (Å²) >= 11 is 3.52. The molecule has 0 spiro atoms. The number of benzene rings is 1. The van der Waals surface area contributed by atoms with Crippen LogP contribution in [0.5, 0.6) is 5.75 Å². The van der Waals surface area contributed by atoms with E-state index in [1.54, 1.807) is 6.26 Å². The molecule has 0 saturated carbocycles. The zero-order chi connectivity index (χ0) is 13.2. The molecule has 4 heteroatoms. The first kappa shape index (κ1) is 12.8. The smallest absolute Gasteiger partial charge is 0.169 e. The van der Waals surface area contributed by atoms with Crippen LogP contribution in [-0.4, -0.2) is 18.0 Å². The van der Waals surface area contributed by atoms with Crippen molar-refractivity contribution < 1.29 is 9.15 Å². The number of halogens is 1. The number of likely N-dealkylation sites (N-methyl/N-ethyl adjacent to an activating group) is 1. The van der Waals surface area contributed by atoms with Crippen LogP contribution < -0.4 is 4.74 Å². The second-order valence-electron chi connectivity index (χ2n) is 4.67. The predicted molar refractivity (Wildman–Crippen MR) is 77.2 cm³/mol. The maximum atomic E-state index is 6.12. The van der Waals surface area contributed by atoms with Gasteiger partial charge in [-0.05, 0) is 40.7 Å². The van der Waals surface area contributed by atoms with E-state index in [1.807, 2.05) is 30.3 Å². The lowest BCUT2D eigenvalue weighted by Crippen LogP contribution is -2.35. The van der Waals surface area contributed by atoms with Crippen LogP contribution in [-0.2, 0) is 6.54 Å². The number of ether oxygens (including phenoxy) is 1. The number of para-hydroxylation sites is 1. The van der Waals surface area contributed by atoms with Gasteiger partial charge in [-0.25, -0.2) is 0 Å². The van der Waals surface area contributed by atoms with Crippen molar-refractivity contribution in [2.45, 2.75) is 19.6 Å². The Kier molecular flexibility index (Phi) is 3.62. The summed E-state index contributed by atoms with van der Waals surface area (Å²) in [5.74, 6) is 1.81. The molecule has 2 heterocycles. The molecule has 19 heavy (non-hydrogen) atoms. The van der Waals surface area contributed by atoms with Crippen LogP contribution in [0.2, 0.25) is 0 Å². The molecule has 0 radical (unpaired) electrons. The highest BCUT2D eigenvalue weighted by atomic mass is 79.9. The van der Waals surface area contributed by atoms with Gasteiger partial charge in [-0.2, -0.15) is 0 Å². The molecule has 0 N–H and O–H groups in total. The fourth-order valence-electron chi connectivity index (χ4n) is 2.41. The van der Waals surface area contributed by atoms with Gasteiger partial charge < -0.3 is 9.15 Å². The maximum absolute atomic E-state index is 6.12. The quantitative estimate of drug-likeness (QED) is 0.854. The molecule has 0 amide bonds. The van der Waals surface area contributed by atoms with Gasteiger partial charge in [0, 0.05) is 18.7 Å². The van der Waals surface area contributed by atoms with Gasteiger partial charge in [0.05, 0.1) is 10.7 Å². The molecule has 3 rings (SSSR count). The number of fused-ring (bicyclic) bond motifs is 1. The normalized spacial score (nSPS) is 19.2. The third-order valence-corrected chi connectivity index (χ3v) is 4.10. The van der Waals surface area contributed by atoms with Crippen molar-refractivity contribution in [2.75, 3.05) is 13.1 Å². The summed E-state index contributed by atoms with van der Waals surface area (Å²) in [5, 5.41) is 0. The fourth-order valence-corrected chi connectivity index (χ4v) is 2.79. The Bertz CT molecular complexity index is 567. The van der Waals surface area contributed by atoms with Crippen LogP contribution in [0.15, 0.2) is 45.5 Å². The molecular weight excluding hydrogens is 306 g/mol. The summed E-state index contributed by atoms with van der Waals surface area (Å²) < 4.78 is 12.7. The van der Waals surface area contributed by atoms with E-state index in [9.17, 15) is 0 Å². The maximum Gasteiger partial charge on any atom is 0.169 e. The topological polar surface area (TPSA) is 25.6 Å². The lowest BCUT2D eigenvalue weighted by atomic mass is 10.1. The Morgan fingerprint density at radius 1 is 1.37 bits per heavy atom. The van der Waals surface area contributed by atoms with Crippen molar-refractivity contribution in [3.05, 3.63) is 52.4 Å². The van der Waals surface area contributed by atoms with Crippen molar-refractivity contribution in [3.8, 4) is 5.75 Å². The van der Waals surface area contributed by atoms with E-state index in [4.69, 9.17) is 9.15 Å². The van der Waals surface area contributed by atoms with Gasteiger partial charge in [0.25, 0.3) is 0 Å². The lowest BCUT2D eigenvalue weighted by molar-refractivity contribution is 0.0944. The molecule has 1 aliphatic rings. The van der Waals surface area contributed by atoms with Gasteiger partial charge in [0.15, 0.2) is 6.10 Å². The van der Waals surface area contributed by atoms with Gasteiger partial charge in [-0.3, -0.25) is 4.90 Å². The van der Waals surface area contributed by atoms with Crippen molar-refractivity contribution in [1.82, 2.24) is 4.90 Å². The van der Waals surface area contributed by atoms with Gasteiger partial charge in [-0.15, -0.1) is 0 Å². The van der Waals surface area contributed by atoms with Crippen LogP contribution in [0, 0.1) is 0 Å². The number of hydrogen-bond acceptors (Lipinski definition) is 3. The highest BCUT2D eigenvalue weighted by Gasteiger charge is 2.29. The molecule has 0 aliphatic carbocycles. The van der Waals surface area contributed by atoms with Crippen molar-refractivity contribution in [1.29, 1.82) is 0 Å². The summed E-state index contributed by atoms with van der Waals surface area (Å²) in [7, 11) is 0. The summed E-state index contributed by atoms with van der Waals surface area (Å²) in [4.78, 5) is 2.36. The molecular formula is C15H16BrNO2. The Morgan fingerprint density at radius 2 is 2.21 bits per heavy atom. The van der Waals surface area contributed by atoms with Gasteiger partial charge in [-0.1, -0.05) is 19.1 Å². The summed E-state index contributed by atoms with van der Waals surface area (Å²) in [6, 6.07) is 9.95. The molecule has 3 nitrogen and oxygen atoms in total. The molecule has 0 saturated heterocycles. The summed E-state index contributed by atoms with van der Waals surface area (Å²) in [6.07, 6.45) is 1.71. The van der Waals surface area contributed by atoms with Gasteiger partial charge in [0.1, 0.15) is 11.5 Å². The molecule has 0 bridgehead atoms. The van der Waals surface area contributed by atoms with Crippen molar-refractivity contribution in [3.63, 3.8) is 0 Å². The van der Waals surface area contributed by atoms with E-state index in [-0.39, 0.29) is 6.10 Å². The van der Waals surface area contributed by atoms with E-state index >= 15 is 0 Å². The van der Waals surface area contributed by atoms with E-state index in [0.717, 1.165) is 35.6 Å². The van der Waals surface area contributed by atoms with Crippen LogP contribution in [0.25, 0.3) is 0 Å². The predicted octanol–water partition coefficient (Wildman–Crippen LogP) is 4.00. The highest BCUT2D eigenvalue weighted by Crippen LogP contribution is 2.34. The fraction of sp³-hybridized carbons (Fsp3) is 0.333. The Hall–Kier alpha value is -1.26. The molecule has 2 aromatic rings. The molecule has 1 aliphatic heterocycles. The molecule has 1 aromatic carbocycles. The van der Waals surface area contributed by atoms with E-state index < -0.39 is 0 Å². The van der Waals surface area contributed by atoms with Gasteiger partial charge in [0.2, 0.25) is 0 Å². The Balaban J connectivity index is 1.87. The third kappa shape index (κ3) is 2.55. The summed E-state index contributed by atoms with van der Waals surface area (Å²) in [6.45, 7) is 4.98. The molecule has 1 atom stereocenters. The Morgan fingerprint density at radius 3 is 3.00 bits per heavy atom. The van der Waals surface area contributed by atoms with Crippen LogP contribution in [0.3, 0.4) is 0 Å². The average molecular weight is 322 g/mol. The second-order valence-corrected chi connectivity index (χ2v) is 5.53. The zero-order valence-corrected chi connectivity index (χ0v) is 12.4. The first-order valence-electron chi connectivity index (χ1n) is 6.47. The average Bonchev–Trinajstić information content (AvgIpc) is 2.89. The summed E-state index contributed by atoms with van der Waals surface area (Å²) in [5.41, 5.74) is 1.23. The number of nitrogens with zero attached hydrogens (tertiary/aromatic N) is 1. The van der Waals surface area contributed by atoms with E-state index in [0.29, 0.717) is 0 Å². The third-order valence-electron chi connectivity index (χ3n) is 3.44. The molecule has 1 aromatic heterocycles. The minimum atomic E-state index is -0.0441. The van der Waals surface area contributed by atoms with Crippen LogP contribution in [0.1, 0.15) is 24.4 Å². The van der Waals surface area contributed by atoms with Crippen molar-refractivity contribution in [2.24, 2.45) is 0 Å². The number of hydrogen-bond donors (Lipinski definition) is 0. The zero-order valence-electron chi connectivity index (χ0n) is 10.8. The minimum absolute atomic E-state index is 0.0441. The largest absolute Gasteiger partial charge is 0.480 e. The van der Waals surface area contributed by atoms with Crippen molar-refractivity contribution >= 4 is 15.9 Å². The molecule has 1 unspecified atom stereocenters. The standard InChI is InChI=1S/C15H16BrNO2/c1-2-17-9-11-7-8-18-15(11)14(10-17)19-13-6-4-3-5-12(13)16/h3-8,14H,2,9-10H2,1H3.